The normalized spacial score (nSPS) is 10.7. The van der Waals surface area contributed by atoms with Crippen molar-refractivity contribution >= 4 is 39.8 Å². The van der Waals surface area contributed by atoms with Gasteiger partial charge >= 0.3 is 5.97 Å². The Kier molecular flexibility index (Phi) is 3.92. The lowest BCUT2D eigenvalue weighted by Crippen LogP contribution is -2.05. The molecule has 0 aliphatic carbocycles. The Morgan fingerprint density at radius 1 is 1.13 bits per heavy atom. The minimum atomic E-state index is -1.03. The van der Waals surface area contributed by atoms with Crippen LogP contribution in [0.5, 0.6) is 0 Å². The smallest absolute Gasteiger partial charge is 0.339 e. The lowest BCUT2D eigenvalue weighted by molar-refractivity contribution is 0.0697. The molecule has 2 aromatic carbocycles. The summed E-state index contributed by atoms with van der Waals surface area (Å²) in [5, 5.41) is 14.0. The predicted molar refractivity (Wildman–Crippen MR) is 92.9 cm³/mol. The molecule has 0 spiro atoms. The molecule has 0 aliphatic heterocycles. The molecule has 5 heteroatoms. The summed E-state index contributed by atoms with van der Waals surface area (Å²) in [6.07, 6.45) is 1.37. The van der Waals surface area contributed by atoms with Crippen LogP contribution in [0.15, 0.2) is 42.6 Å². The first-order valence-corrected chi connectivity index (χ1v) is 7.50. The number of nitrogens with zero attached hydrogens (tertiary/aromatic N) is 1. The Hall–Kier alpha value is -2.59. The average molecular weight is 327 g/mol. The maximum Gasteiger partial charge on any atom is 0.339 e. The van der Waals surface area contributed by atoms with Crippen molar-refractivity contribution in [1.82, 2.24) is 4.98 Å². The molecule has 3 aromatic rings. The Bertz CT molecular complexity index is 905. The molecule has 0 unspecified atom stereocenters. The fourth-order valence-electron chi connectivity index (χ4n) is 2.46. The van der Waals surface area contributed by atoms with E-state index >= 15 is 0 Å². The van der Waals surface area contributed by atoms with Gasteiger partial charge in [-0.2, -0.15) is 0 Å². The van der Waals surface area contributed by atoms with Gasteiger partial charge < -0.3 is 10.4 Å². The van der Waals surface area contributed by atoms with Crippen LogP contribution in [0, 0.1) is 13.8 Å². The summed E-state index contributed by atoms with van der Waals surface area (Å²) in [5.41, 5.74) is 4.12. The lowest BCUT2D eigenvalue weighted by atomic mass is 10.1. The van der Waals surface area contributed by atoms with Crippen molar-refractivity contribution < 1.29 is 9.90 Å². The number of rotatable bonds is 3. The molecular formula is C18H15ClN2O2. The molecule has 1 heterocycles. The number of benzene rings is 2. The zero-order chi connectivity index (χ0) is 16.6. The van der Waals surface area contributed by atoms with Gasteiger partial charge in [0.2, 0.25) is 0 Å². The maximum atomic E-state index is 11.6. The van der Waals surface area contributed by atoms with E-state index in [2.05, 4.69) is 10.3 Å². The number of pyridine rings is 1. The van der Waals surface area contributed by atoms with Crippen molar-refractivity contribution in [2.24, 2.45) is 0 Å². The minimum Gasteiger partial charge on any atom is -0.478 e. The van der Waals surface area contributed by atoms with E-state index < -0.39 is 5.97 Å². The molecule has 0 fully saturated rings. The second-order valence-corrected chi connectivity index (χ2v) is 5.82. The highest BCUT2D eigenvalue weighted by Gasteiger charge is 2.16. The van der Waals surface area contributed by atoms with E-state index in [9.17, 15) is 9.90 Å². The molecule has 4 nitrogen and oxygen atoms in total. The van der Waals surface area contributed by atoms with Crippen molar-refractivity contribution in [1.29, 1.82) is 0 Å². The molecule has 116 valence electrons. The summed E-state index contributed by atoms with van der Waals surface area (Å²) < 4.78 is 0. The Morgan fingerprint density at radius 2 is 1.83 bits per heavy atom. The van der Waals surface area contributed by atoms with Crippen molar-refractivity contribution in [3.05, 3.63) is 64.3 Å². The molecule has 3 rings (SSSR count). The third-order valence-corrected chi connectivity index (χ3v) is 4.19. The summed E-state index contributed by atoms with van der Waals surface area (Å²) in [6.45, 7) is 3.87. The predicted octanol–water partition coefficient (Wildman–Crippen LogP) is 4.95. The quantitative estimate of drug-likeness (QED) is 0.715. The molecule has 0 amide bonds. The number of nitrogens with one attached hydrogen (secondary N) is 1. The first kappa shape index (κ1) is 15.3. The van der Waals surface area contributed by atoms with Crippen molar-refractivity contribution in [3.63, 3.8) is 0 Å². The summed E-state index contributed by atoms with van der Waals surface area (Å²) in [6, 6.07) is 11.3. The Labute approximate surface area is 138 Å². The van der Waals surface area contributed by atoms with E-state index in [1.807, 2.05) is 38.1 Å². The van der Waals surface area contributed by atoms with E-state index in [0.29, 0.717) is 16.2 Å². The number of hydrogen-bond acceptors (Lipinski definition) is 3. The van der Waals surface area contributed by atoms with E-state index in [1.165, 1.54) is 6.20 Å². The molecule has 1 aromatic heterocycles. The highest BCUT2D eigenvalue weighted by Crippen LogP contribution is 2.33. The van der Waals surface area contributed by atoms with Gasteiger partial charge in [-0.15, -0.1) is 0 Å². The lowest BCUT2D eigenvalue weighted by Gasteiger charge is -2.14. The molecule has 2 N–H and O–H groups in total. The Balaban J connectivity index is 2.22. The standard InChI is InChI=1S/C18H15ClN2O2/c1-10-3-5-12(6-4-10)21-17-13-7-8-15(19)11(2)16(13)20-9-14(17)18(22)23/h3-9H,1-2H3,(H,20,21)(H,22,23). The number of carbonyl (C=O) groups is 1. The molecule has 0 atom stereocenters. The van der Waals surface area contributed by atoms with Crippen molar-refractivity contribution in [2.45, 2.75) is 13.8 Å². The van der Waals surface area contributed by atoms with Gasteiger partial charge in [0.15, 0.2) is 0 Å². The Morgan fingerprint density at radius 3 is 2.48 bits per heavy atom. The molecule has 0 radical (unpaired) electrons. The SMILES string of the molecule is Cc1ccc(Nc2c(C(=O)O)cnc3c(C)c(Cl)ccc23)cc1. The maximum absolute atomic E-state index is 11.6. The number of carboxylic acid groups (broad SMARTS) is 1. The largest absolute Gasteiger partial charge is 0.478 e. The number of aromatic carboxylic acids is 1. The number of aryl methyl sites for hydroxylation is 2. The van der Waals surface area contributed by atoms with Crippen LogP contribution in [0.2, 0.25) is 5.02 Å². The highest BCUT2D eigenvalue weighted by atomic mass is 35.5. The van der Waals surface area contributed by atoms with Crippen LogP contribution < -0.4 is 5.32 Å². The molecule has 0 saturated heterocycles. The van der Waals surface area contributed by atoms with Crippen LogP contribution in [0.3, 0.4) is 0 Å². The summed E-state index contributed by atoms with van der Waals surface area (Å²) in [4.78, 5) is 15.8. The van der Waals surface area contributed by atoms with Gasteiger partial charge in [0, 0.05) is 22.3 Å². The topological polar surface area (TPSA) is 62.2 Å². The number of carboxylic acids is 1. The number of fused-ring (bicyclic) bond motifs is 1. The number of hydrogen-bond donors (Lipinski definition) is 2. The van der Waals surface area contributed by atoms with Crippen molar-refractivity contribution in [2.75, 3.05) is 5.32 Å². The van der Waals surface area contributed by atoms with Crippen molar-refractivity contribution in [3.8, 4) is 0 Å². The van der Waals surface area contributed by atoms with Gasteiger partial charge in [0.25, 0.3) is 0 Å². The second-order valence-electron chi connectivity index (χ2n) is 5.41. The zero-order valence-corrected chi connectivity index (χ0v) is 13.5. The molecule has 0 aliphatic rings. The molecule has 23 heavy (non-hydrogen) atoms. The van der Waals surface area contributed by atoms with Crippen LogP contribution >= 0.6 is 11.6 Å². The van der Waals surface area contributed by atoms with Gasteiger partial charge in [-0.25, -0.2) is 4.79 Å². The van der Waals surface area contributed by atoms with Crippen LogP contribution in [-0.4, -0.2) is 16.1 Å². The number of anilines is 2. The van der Waals surface area contributed by atoms with Gasteiger partial charge in [-0.3, -0.25) is 4.98 Å². The van der Waals surface area contributed by atoms with Crippen LogP contribution in [0.25, 0.3) is 10.9 Å². The monoisotopic (exact) mass is 326 g/mol. The van der Waals surface area contributed by atoms with Crippen LogP contribution in [-0.2, 0) is 0 Å². The highest BCUT2D eigenvalue weighted by molar-refractivity contribution is 6.32. The second kappa shape index (κ2) is 5.89. The first-order chi connectivity index (χ1) is 11.0. The van der Waals surface area contributed by atoms with E-state index in [-0.39, 0.29) is 5.56 Å². The van der Waals surface area contributed by atoms with Gasteiger partial charge in [0.05, 0.1) is 11.2 Å². The summed E-state index contributed by atoms with van der Waals surface area (Å²) >= 11 is 6.14. The first-order valence-electron chi connectivity index (χ1n) is 7.12. The summed E-state index contributed by atoms with van der Waals surface area (Å²) in [7, 11) is 0. The molecule has 0 bridgehead atoms. The summed E-state index contributed by atoms with van der Waals surface area (Å²) in [5.74, 6) is -1.03. The van der Waals surface area contributed by atoms with Gasteiger partial charge in [-0.05, 0) is 43.7 Å². The van der Waals surface area contributed by atoms with E-state index in [1.54, 1.807) is 12.1 Å². The number of aromatic nitrogens is 1. The third-order valence-electron chi connectivity index (χ3n) is 3.78. The molecular weight excluding hydrogens is 312 g/mol. The fraction of sp³-hybridized carbons (Fsp3) is 0.111. The number of halogens is 1. The average Bonchev–Trinajstić information content (AvgIpc) is 2.53. The van der Waals surface area contributed by atoms with E-state index in [0.717, 1.165) is 22.2 Å². The van der Waals surface area contributed by atoms with Crippen LogP contribution in [0.1, 0.15) is 21.5 Å². The third kappa shape index (κ3) is 2.85. The fourth-order valence-corrected chi connectivity index (χ4v) is 2.61. The molecule has 0 saturated carbocycles. The van der Waals surface area contributed by atoms with E-state index in [4.69, 9.17) is 11.6 Å². The van der Waals surface area contributed by atoms with Gasteiger partial charge in [0.1, 0.15) is 5.56 Å². The zero-order valence-electron chi connectivity index (χ0n) is 12.7. The minimum absolute atomic E-state index is 0.125. The van der Waals surface area contributed by atoms with Crippen LogP contribution in [0.4, 0.5) is 11.4 Å². The van der Waals surface area contributed by atoms with Gasteiger partial charge in [-0.1, -0.05) is 29.3 Å².